The molecule has 6 rings (SSSR count). The maximum Gasteiger partial charge on any atom is 0.177 e. The summed E-state index contributed by atoms with van der Waals surface area (Å²) >= 11 is 0. The molecule has 0 radical (unpaired) electrons. The van der Waals surface area contributed by atoms with Gasteiger partial charge >= 0.3 is 0 Å². The number of hydrogen-bond donors (Lipinski definition) is 0. The Morgan fingerprint density at radius 1 is 1.04 bits per heavy atom. The first-order chi connectivity index (χ1) is 13.1. The predicted octanol–water partition coefficient (Wildman–Crippen LogP) is 3.85. The minimum atomic E-state index is 0.358. The average molecular weight is 358 g/mol. The molecule has 27 heavy (non-hydrogen) atoms. The number of imidazole rings is 1. The molecule has 4 aromatic heterocycles. The SMILES string of the molecule is Cc1ncc(C)n2nc(C3CC3c3nc4c(C5CC5)cccn4c3C)nc12. The molecule has 2 aliphatic carbocycles. The molecule has 4 heterocycles. The Morgan fingerprint density at radius 3 is 2.67 bits per heavy atom. The third kappa shape index (κ3) is 2.19. The van der Waals surface area contributed by atoms with Crippen molar-refractivity contribution < 1.29 is 0 Å². The van der Waals surface area contributed by atoms with E-state index >= 15 is 0 Å². The van der Waals surface area contributed by atoms with Gasteiger partial charge in [-0.1, -0.05) is 6.07 Å². The zero-order valence-corrected chi connectivity index (χ0v) is 15.8. The molecule has 6 nitrogen and oxygen atoms in total. The fourth-order valence-corrected chi connectivity index (χ4v) is 4.34. The van der Waals surface area contributed by atoms with Crippen molar-refractivity contribution in [3.63, 3.8) is 0 Å². The van der Waals surface area contributed by atoms with E-state index in [0.717, 1.165) is 34.9 Å². The summed E-state index contributed by atoms with van der Waals surface area (Å²) < 4.78 is 4.20. The first kappa shape index (κ1) is 15.3. The third-order valence-corrected chi connectivity index (χ3v) is 6.17. The second kappa shape index (κ2) is 5.15. The Bertz CT molecular complexity index is 1170. The van der Waals surface area contributed by atoms with E-state index in [1.807, 2.05) is 24.6 Å². The highest BCUT2D eigenvalue weighted by Crippen LogP contribution is 2.54. The van der Waals surface area contributed by atoms with Crippen molar-refractivity contribution in [2.45, 2.75) is 57.8 Å². The number of fused-ring (bicyclic) bond motifs is 2. The molecular formula is C21H22N6. The molecular weight excluding hydrogens is 336 g/mol. The van der Waals surface area contributed by atoms with Crippen LogP contribution in [0.2, 0.25) is 0 Å². The van der Waals surface area contributed by atoms with Crippen molar-refractivity contribution in [3.8, 4) is 0 Å². The number of rotatable bonds is 3. The molecule has 0 aliphatic heterocycles. The minimum absolute atomic E-state index is 0.358. The van der Waals surface area contributed by atoms with Gasteiger partial charge in [-0.3, -0.25) is 4.98 Å². The first-order valence-corrected chi connectivity index (χ1v) is 9.78. The fourth-order valence-electron chi connectivity index (χ4n) is 4.34. The molecule has 2 saturated carbocycles. The second-order valence-corrected chi connectivity index (χ2v) is 8.15. The van der Waals surface area contributed by atoms with Crippen LogP contribution in [-0.2, 0) is 0 Å². The van der Waals surface area contributed by atoms with Crippen molar-refractivity contribution in [3.05, 3.63) is 58.7 Å². The van der Waals surface area contributed by atoms with E-state index in [-0.39, 0.29) is 0 Å². The normalized spacial score (nSPS) is 22.0. The van der Waals surface area contributed by atoms with E-state index in [1.165, 1.54) is 29.8 Å². The lowest BCUT2D eigenvalue weighted by Crippen LogP contribution is -1.97. The molecule has 0 saturated heterocycles. The number of hydrogen-bond acceptors (Lipinski definition) is 4. The van der Waals surface area contributed by atoms with E-state index < -0.39 is 0 Å². The van der Waals surface area contributed by atoms with Gasteiger partial charge in [-0.2, -0.15) is 5.10 Å². The summed E-state index contributed by atoms with van der Waals surface area (Å²) in [5.41, 5.74) is 7.86. The van der Waals surface area contributed by atoms with E-state index in [4.69, 9.17) is 15.1 Å². The Labute approximate surface area is 157 Å². The van der Waals surface area contributed by atoms with Crippen molar-refractivity contribution in [2.75, 3.05) is 0 Å². The minimum Gasteiger partial charge on any atom is -0.304 e. The van der Waals surface area contributed by atoms with Gasteiger partial charge < -0.3 is 4.40 Å². The fraction of sp³-hybridized carbons (Fsp3) is 0.429. The summed E-state index contributed by atoms with van der Waals surface area (Å²) in [7, 11) is 0. The van der Waals surface area contributed by atoms with Gasteiger partial charge in [0.1, 0.15) is 5.65 Å². The Balaban J connectivity index is 1.40. The first-order valence-electron chi connectivity index (χ1n) is 9.78. The molecule has 136 valence electrons. The van der Waals surface area contributed by atoms with Gasteiger partial charge in [0, 0.05) is 29.9 Å². The summed E-state index contributed by atoms with van der Waals surface area (Å²) in [6, 6.07) is 4.40. The van der Waals surface area contributed by atoms with Crippen LogP contribution in [0.3, 0.4) is 0 Å². The van der Waals surface area contributed by atoms with E-state index in [1.54, 1.807) is 0 Å². The molecule has 0 spiro atoms. The lowest BCUT2D eigenvalue weighted by atomic mass is 10.2. The molecule has 4 aromatic rings. The molecule has 2 fully saturated rings. The molecule has 6 heteroatoms. The molecule has 2 atom stereocenters. The average Bonchev–Trinajstić information content (AvgIpc) is 3.59. The molecule has 2 aliphatic rings. The van der Waals surface area contributed by atoms with Gasteiger partial charge in [-0.15, -0.1) is 0 Å². The summed E-state index contributed by atoms with van der Waals surface area (Å²) in [5, 5.41) is 4.78. The molecule has 0 N–H and O–H groups in total. The van der Waals surface area contributed by atoms with E-state index in [0.29, 0.717) is 17.8 Å². The van der Waals surface area contributed by atoms with Crippen LogP contribution in [0.4, 0.5) is 0 Å². The zero-order chi connectivity index (χ0) is 18.3. The topological polar surface area (TPSA) is 60.4 Å². The number of pyridine rings is 1. The van der Waals surface area contributed by atoms with Crippen LogP contribution in [-0.4, -0.2) is 29.0 Å². The monoisotopic (exact) mass is 358 g/mol. The summed E-state index contributed by atoms with van der Waals surface area (Å²) in [5.74, 6) is 2.41. The van der Waals surface area contributed by atoms with E-state index in [2.05, 4.69) is 34.6 Å². The van der Waals surface area contributed by atoms with Crippen molar-refractivity contribution in [1.82, 2.24) is 29.0 Å². The van der Waals surface area contributed by atoms with Gasteiger partial charge in [0.2, 0.25) is 0 Å². The summed E-state index contributed by atoms with van der Waals surface area (Å²) in [6.45, 7) is 6.20. The van der Waals surface area contributed by atoms with Gasteiger partial charge in [-0.05, 0) is 57.6 Å². The van der Waals surface area contributed by atoms with E-state index in [9.17, 15) is 0 Å². The highest BCUT2D eigenvalue weighted by molar-refractivity contribution is 5.55. The van der Waals surface area contributed by atoms with Crippen LogP contribution in [0.1, 0.15) is 71.2 Å². The summed E-state index contributed by atoms with van der Waals surface area (Å²) in [4.78, 5) is 14.3. The van der Waals surface area contributed by atoms with Gasteiger partial charge in [0.25, 0.3) is 0 Å². The van der Waals surface area contributed by atoms with Crippen LogP contribution in [0, 0.1) is 20.8 Å². The highest BCUT2D eigenvalue weighted by atomic mass is 15.3. The van der Waals surface area contributed by atoms with Gasteiger partial charge in [0.05, 0.1) is 17.1 Å². The third-order valence-electron chi connectivity index (χ3n) is 6.17. The Kier molecular flexibility index (Phi) is 2.92. The van der Waals surface area contributed by atoms with Crippen LogP contribution in [0.25, 0.3) is 11.3 Å². The lowest BCUT2D eigenvalue weighted by molar-refractivity contribution is 0.827. The van der Waals surface area contributed by atoms with Crippen molar-refractivity contribution in [2.24, 2.45) is 0 Å². The zero-order valence-electron chi connectivity index (χ0n) is 15.8. The molecule has 0 amide bonds. The smallest absolute Gasteiger partial charge is 0.177 e. The molecule has 0 bridgehead atoms. The standard InChI is InChI=1S/C21H22N6/c1-11-10-22-12(2)20-24-19(25-27(11)20)17-9-16(17)18-13(3)26-8-4-5-15(14-6-7-14)21(26)23-18/h4-5,8,10,14,16-17H,6-7,9H2,1-3H3. The van der Waals surface area contributed by atoms with Crippen LogP contribution in [0.15, 0.2) is 24.5 Å². The number of aryl methyl sites for hydroxylation is 3. The van der Waals surface area contributed by atoms with Crippen LogP contribution < -0.4 is 0 Å². The van der Waals surface area contributed by atoms with Crippen molar-refractivity contribution in [1.29, 1.82) is 0 Å². The second-order valence-electron chi connectivity index (χ2n) is 8.15. The quantitative estimate of drug-likeness (QED) is 0.558. The van der Waals surface area contributed by atoms with Crippen LogP contribution in [0.5, 0.6) is 0 Å². The number of nitrogens with zero attached hydrogens (tertiary/aromatic N) is 6. The largest absolute Gasteiger partial charge is 0.304 e. The van der Waals surface area contributed by atoms with Crippen molar-refractivity contribution >= 4 is 11.3 Å². The number of aromatic nitrogens is 6. The van der Waals surface area contributed by atoms with Crippen LogP contribution >= 0.6 is 0 Å². The maximum absolute atomic E-state index is 5.09. The summed E-state index contributed by atoms with van der Waals surface area (Å²) in [6.07, 6.45) is 7.67. The lowest BCUT2D eigenvalue weighted by Gasteiger charge is -2.01. The van der Waals surface area contributed by atoms with Gasteiger partial charge in [0.15, 0.2) is 11.5 Å². The Morgan fingerprint density at radius 2 is 1.89 bits per heavy atom. The molecule has 2 unspecified atom stereocenters. The highest BCUT2D eigenvalue weighted by Gasteiger charge is 2.45. The van der Waals surface area contributed by atoms with Gasteiger partial charge in [-0.25, -0.2) is 14.5 Å². The predicted molar refractivity (Wildman–Crippen MR) is 102 cm³/mol. The molecule has 0 aromatic carbocycles. The maximum atomic E-state index is 5.09. The Hall–Kier alpha value is -2.76.